The van der Waals surface area contributed by atoms with E-state index in [2.05, 4.69) is 38.0 Å². The molecule has 0 heterocycles. The van der Waals surface area contributed by atoms with E-state index in [1.807, 2.05) is 0 Å². The molecule has 4 heteroatoms. The number of nitrogens with zero attached hydrogens (tertiary/aromatic N) is 1. The third kappa shape index (κ3) is 13.8. The second kappa shape index (κ2) is 9.83. The molecule has 1 N–H and O–H groups in total. The fraction of sp³-hybridized carbons (Fsp3) is 1.00. The number of methoxy groups -OCH3 is 1. The minimum Gasteiger partial charge on any atom is -0.382 e. The van der Waals surface area contributed by atoms with Crippen molar-refractivity contribution >= 4 is 0 Å². The molecular weight excluding hydrogens is 216 g/mol. The molecule has 4 nitrogen and oxygen atoms in total. The molecule has 0 radical (unpaired) electrons. The number of hydrogen-bond donors (Lipinski definition) is 1. The van der Waals surface area contributed by atoms with Crippen molar-refractivity contribution in [3.05, 3.63) is 0 Å². The highest BCUT2D eigenvalue weighted by atomic mass is 16.5. The van der Waals surface area contributed by atoms with Crippen LogP contribution in [0.25, 0.3) is 0 Å². The molecule has 0 aromatic carbocycles. The predicted molar refractivity (Wildman–Crippen MR) is 72.6 cm³/mol. The second-order valence-electron chi connectivity index (χ2n) is 5.44. The normalized spacial score (nSPS) is 12.4. The first-order valence-corrected chi connectivity index (χ1v) is 6.46. The van der Waals surface area contributed by atoms with E-state index in [1.165, 1.54) is 0 Å². The SMILES string of the molecule is COCCOCCCN(C)CCNC(C)(C)C. The van der Waals surface area contributed by atoms with Gasteiger partial charge in [-0.2, -0.15) is 0 Å². The van der Waals surface area contributed by atoms with Crippen LogP contribution in [0.4, 0.5) is 0 Å². The summed E-state index contributed by atoms with van der Waals surface area (Å²) in [6, 6.07) is 0. The van der Waals surface area contributed by atoms with Crippen LogP contribution < -0.4 is 5.32 Å². The average molecular weight is 246 g/mol. The van der Waals surface area contributed by atoms with E-state index in [-0.39, 0.29) is 5.54 Å². The van der Waals surface area contributed by atoms with Crippen LogP contribution in [0.15, 0.2) is 0 Å². The van der Waals surface area contributed by atoms with Crippen LogP contribution in [-0.4, -0.2) is 64.1 Å². The summed E-state index contributed by atoms with van der Waals surface area (Å²) in [6.45, 7) is 12.0. The molecule has 0 aliphatic carbocycles. The van der Waals surface area contributed by atoms with Crippen LogP contribution in [-0.2, 0) is 9.47 Å². The Morgan fingerprint density at radius 3 is 2.35 bits per heavy atom. The standard InChI is InChI=1S/C13H30N2O2/c1-13(2,3)14-7-9-15(4)8-6-10-17-12-11-16-5/h14H,6-12H2,1-5H3. The van der Waals surface area contributed by atoms with Crippen LogP contribution in [0.3, 0.4) is 0 Å². The third-order valence-electron chi connectivity index (χ3n) is 2.41. The monoisotopic (exact) mass is 246 g/mol. The first-order chi connectivity index (χ1) is 7.95. The minimum atomic E-state index is 0.212. The van der Waals surface area contributed by atoms with Gasteiger partial charge in [0.25, 0.3) is 0 Å². The topological polar surface area (TPSA) is 33.7 Å². The van der Waals surface area contributed by atoms with Gasteiger partial charge in [0.2, 0.25) is 0 Å². The molecule has 0 amide bonds. The quantitative estimate of drug-likeness (QED) is 0.590. The molecule has 0 saturated heterocycles. The van der Waals surface area contributed by atoms with Crippen molar-refractivity contribution in [1.82, 2.24) is 10.2 Å². The maximum atomic E-state index is 5.42. The fourth-order valence-corrected chi connectivity index (χ4v) is 1.41. The molecule has 0 fully saturated rings. The molecule has 17 heavy (non-hydrogen) atoms. The lowest BCUT2D eigenvalue weighted by Crippen LogP contribution is -2.40. The van der Waals surface area contributed by atoms with Crippen LogP contribution >= 0.6 is 0 Å². The number of ether oxygens (including phenoxy) is 2. The molecule has 0 aliphatic heterocycles. The van der Waals surface area contributed by atoms with Gasteiger partial charge in [0.1, 0.15) is 0 Å². The smallest absolute Gasteiger partial charge is 0.0700 e. The van der Waals surface area contributed by atoms with E-state index in [0.29, 0.717) is 13.2 Å². The molecule has 0 unspecified atom stereocenters. The Bertz CT molecular complexity index is 169. The van der Waals surface area contributed by atoms with Gasteiger partial charge < -0.3 is 19.7 Å². The van der Waals surface area contributed by atoms with Crippen molar-refractivity contribution in [3.63, 3.8) is 0 Å². The lowest BCUT2D eigenvalue weighted by Gasteiger charge is -2.23. The summed E-state index contributed by atoms with van der Waals surface area (Å²) in [5, 5.41) is 3.48. The van der Waals surface area contributed by atoms with Crippen LogP contribution in [0, 0.1) is 0 Å². The lowest BCUT2D eigenvalue weighted by molar-refractivity contribution is 0.0662. The number of likely N-dealkylation sites (N-methyl/N-ethyl adjacent to an activating group) is 1. The second-order valence-corrected chi connectivity index (χ2v) is 5.44. The van der Waals surface area contributed by atoms with Crippen LogP contribution in [0.5, 0.6) is 0 Å². The maximum Gasteiger partial charge on any atom is 0.0700 e. The Morgan fingerprint density at radius 2 is 1.76 bits per heavy atom. The van der Waals surface area contributed by atoms with E-state index < -0.39 is 0 Å². The molecule has 104 valence electrons. The summed E-state index contributed by atoms with van der Waals surface area (Å²) in [5.74, 6) is 0. The van der Waals surface area contributed by atoms with Crippen molar-refractivity contribution in [2.24, 2.45) is 0 Å². The molecule has 0 aromatic rings. The zero-order chi connectivity index (χ0) is 13.1. The zero-order valence-corrected chi connectivity index (χ0v) is 12.2. The first kappa shape index (κ1) is 16.8. The largest absolute Gasteiger partial charge is 0.382 e. The van der Waals surface area contributed by atoms with Crippen molar-refractivity contribution in [3.8, 4) is 0 Å². The van der Waals surface area contributed by atoms with Gasteiger partial charge in [0, 0.05) is 38.9 Å². The van der Waals surface area contributed by atoms with Crippen LogP contribution in [0.1, 0.15) is 27.2 Å². The number of hydrogen-bond acceptors (Lipinski definition) is 4. The fourth-order valence-electron chi connectivity index (χ4n) is 1.41. The molecular formula is C13H30N2O2. The molecule has 0 rings (SSSR count). The summed E-state index contributed by atoms with van der Waals surface area (Å²) in [6.07, 6.45) is 1.08. The van der Waals surface area contributed by atoms with E-state index >= 15 is 0 Å². The highest BCUT2D eigenvalue weighted by Crippen LogP contribution is 1.97. The highest BCUT2D eigenvalue weighted by molar-refractivity contribution is 4.70. The number of rotatable bonds is 10. The van der Waals surface area contributed by atoms with Gasteiger partial charge in [0.05, 0.1) is 13.2 Å². The Kier molecular flexibility index (Phi) is 9.74. The maximum absolute atomic E-state index is 5.42. The molecule has 0 bridgehead atoms. The zero-order valence-electron chi connectivity index (χ0n) is 12.2. The average Bonchev–Trinajstić information content (AvgIpc) is 2.21. The van der Waals surface area contributed by atoms with Gasteiger partial charge in [-0.3, -0.25) is 0 Å². The first-order valence-electron chi connectivity index (χ1n) is 6.46. The summed E-state index contributed by atoms with van der Waals surface area (Å²) in [5.41, 5.74) is 0.212. The lowest BCUT2D eigenvalue weighted by atomic mass is 10.1. The summed E-state index contributed by atoms with van der Waals surface area (Å²) in [4.78, 5) is 2.33. The molecule has 0 aromatic heterocycles. The summed E-state index contributed by atoms with van der Waals surface area (Å²) < 4.78 is 10.3. The van der Waals surface area contributed by atoms with Gasteiger partial charge in [-0.25, -0.2) is 0 Å². The van der Waals surface area contributed by atoms with E-state index in [4.69, 9.17) is 9.47 Å². The molecule has 0 atom stereocenters. The van der Waals surface area contributed by atoms with Gasteiger partial charge in [0.15, 0.2) is 0 Å². The Hall–Kier alpha value is -0.160. The summed E-state index contributed by atoms with van der Waals surface area (Å²) >= 11 is 0. The Labute approximate surface area is 107 Å². The minimum absolute atomic E-state index is 0.212. The highest BCUT2D eigenvalue weighted by Gasteiger charge is 2.08. The van der Waals surface area contributed by atoms with Crippen LogP contribution in [0.2, 0.25) is 0 Å². The van der Waals surface area contributed by atoms with Crippen molar-refractivity contribution in [2.45, 2.75) is 32.7 Å². The van der Waals surface area contributed by atoms with E-state index in [9.17, 15) is 0 Å². The molecule has 0 saturated carbocycles. The van der Waals surface area contributed by atoms with Gasteiger partial charge in [-0.15, -0.1) is 0 Å². The van der Waals surface area contributed by atoms with Crippen molar-refractivity contribution < 1.29 is 9.47 Å². The third-order valence-corrected chi connectivity index (χ3v) is 2.41. The van der Waals surface area contributed by atoms with Crippen molar-refractivity contribution in [1.29, 1.82) is 0 Å². The molecule has 0 spiro atoms. The van der Waals surface area contributed by atoms with Gasteiger partial charge >= 0.3 is 0 Å². The predicted octanol–water partition coefficient (Wildman–Crippen LogP) is 1.36. The van der Waals surface area contributed by atoms with Gasteiger partial charge in [-0.05, 0) is 34.2 Å². The Balaban J connectivity index is 3.26. The summed E-state index contributed by atoms with van der Waals surface area (Å²) in [7, 11) is 3.85. The van der Waals surface area contributed by atoms with E-state index in [0.717, 1.165) is 32.7 Å². The number of nitrogens with one attached hydrogen (secondary N) is 1. The molecule has 0 aliphatic rings. The Morgan fingerprint density at radius 1 is 1.06 bits per heavy atom. The van der Waals surface area contributed by atoms with E-state index in [1.54, 1.807) is 7.11 Å². The van der Waals surface area contributed by atoms with Gasteiger partial charge in [-0.1, -0.05) is 0 Å². The van der Waals surface area contributed by atoms with Crippen molar-refractivity contribution in [2.75, 3.05) is 53.6 Å².